The number of halogens is 1. The molecule has 5 nitrogen and oxygen atoms in total. The third kappa shape index (κ3) is 3.61. The molecule has 1 amide bonds. The van der Waals surface area contributed by atoms with E-state index < -0.39 is 0 Å². The second-order valence-electron chi connectivity index (χ2n) is 6.41. The predicted octanol–water partition coefficient (Wildman–Crippen LogP) is 3.73. The number of hydrogen-bond donors (Lipinski definition) is 1. The molecule has 0 spiro atoms. The SMILES string of the molecule is CCCCC1c2nc(-c3ccc(Cl)cc3)[nH]c(=O)c2CCN1C(C)=O. The van der Waals surface area contributed by atoms with Gasteiger partial charge in [0.05, 0.1) is 11.7 Å². The van der Waals surface area contributed by atoms with Crippen LogP contribution in [0.4, 0.5) is 0 Å². The lowest BCUT2D eigenvalue weighted by atomic mass is 9.94. The number of nitrogens with one attached hydrogen (secondary N) is 1. The maximum atomic E-state index is 12.6. The van der Waals surface area contributed by atoms with Crippen LogP contribution in [-0.2, 0) is 11.2 Å². The fourth-order valence-electron chi connectivity index (χ4n) is 3.38. The van der Waals surface area contributed by atoms with Crippen LogP contribution in [0.2, 0.25) is 5.02 Å². The Morgan fingerprint density at radius 1 is 1.36 bits per heavy atom. The van der Waals surface area contributed by atoms with E-state index in [0.29, 0.717) is 29.4 Å². The topological polar surface area (TPSA) is 66.1 Å². The molecular weight excluding hydrogens is 338 g/mol. The minimum absolute atomic E-state index is 0.0295. The van der Waals surface area contributed by atoms with Gasteiger partial charge in [0, 0.05) is 29.6 Å². The highest BCUT2D eigenvalue weighted by Crippen LogP contribution is 2.32. The summed E-state index contributed by atoms with van der Waals surface area (Å²) in [7, 11) is 0. The molecule has 1 atom stereocenters. The molecule has 1 aromatic carbocycles. The zero-order valence-electron chi connectivity index (χ0n) is 14.5. The van der Waals surface area contributed by atoms with E-state index in [4.69, 9.17) is 16.6 Å². The Balaban J connectivity index is 2.09. The van der Waals surface area contributed by atoms with Crippen molar-refractivity contribution in [1.29, 1.82) is 0 Å². The first-order valence-electron chi connectivity index (χ1n) is 8.67. The van der Waals surface area contributed by atoms with E-state index in [-0.39, 0.29) is 17.5 Å². The van der Waals surface area contributed by atoms with Crippen LogP contribution in [0.25, 0.3) is 11.4 Å². The van der Waals surface area contributed by atoms with Crippen molar-refractivity contribution in [2.45, 2.75) is 45.6 Å². The summed E-state index contributed by atoms with van der Waals surface area (Å²) in [5.74, 6) is 0.550. The summed E-state index contributed by atoms with van der Waals surface area (Å²) in [5, 5.41) is 0.632. The molecule has 1 unspecified atom stereocenters. The third-order valence-electron chi connectivity index (χ3n) is 4.70. The van der Waals surface area contributed by atoms with E-state index >= 15 is 0 Å². The molecule has 0 fully saturated rings. The van der Waals surface area contributed by atoms with Crippen LogP contribution in [0.1, 0.15) is 50.4 Å². The molecule has 1 N–H and O–H groups in total. The molecule has 2 aromatic rings. The number of hydrogen-bond acceptors (Lipinski definition) is 3. The molecule has 0 aliphatic carbocycles. The van der Waals surface area contributed by atoms with Crippen molar-refractivity contribution in [3.8, 4) is 11.4 Å². The van der Waals surface area contributed by atoms with Gasteiger partial charge < -0.3 is 9.88 Å². The number of rotatable bonds is 4. The van der Waals surface area contributed by atoms with E-state index in [1.807, 2.05) is 17.0 Å². The van der Waals surface area contributed by atoms with E-state index in [2.05, 4.69) is 11.9 Å². The van der Waals surface area contributed by atoms with E-state index in [1.165, 1.54) is 0 Å². The highest BCUT2D eigenvalue weighted by Gasteiger charge is 2.32. The average molecular weight is 360 g/mol. The number of fused-ring (bicyclic) bond motifs is 1. The van der Waals surface area contributed by atoms with Gasteiger partial charge in [-0.3, -0.25) is 9.59 Å². The summed E-state index contributed by atoms with van der Waals surface area (Å²) < 4.78 is 0. The van der Waals surface area contributed by atoms with Gasteiger partial charge in [0.1, 0.15) is 5.82 Å². The fraction of sp³-hybridized carbons (Fsp3) is 0.421. The summed E-state index contributed by atoms with van der Waals surface area (Å²) in [6.07, 6.45) is 3.38. The van der Waals surface area contributed by atoms with Gasteiger partial charge in [-0.2, -0.15) is 0 Å². The molecule has 0 bridgehead atoms. The number of amides is 1. The van der Waals surface area contributed by atoms with Gasteiger partial charge in [-0.05, 0) is 37.1 Å². The van der Waals surface area contributed by atoms with Crippen molar-refractivity contribution >= 4 is 17.5 Å². The molecule has 6 heteroatoms. The highest BCUT2D eigenvalue weighted by atomic mass is 35.5. The Bertz CT molecular complexity index is 830. The Morgan fingerprint density at radius 3 is 2.72 bits per heavy atom. The lowest BCUT2D eigenvalue weighted by Crippen LogP contribution is -2.41. The van der Waals surface area contributed by atoms with E-state index in [0.717, 1.165) is 30.5 Å². The minimum Gasteiger partial charge on any atom is -0.334 e. The fourth-order valence-corrected chi connectivity index (χ4v) is 3.51. The zero-order valence-corrected chi connectivity index (χ0v) is 15.3. The zero-order chi connectivity index (χ0) is 18.0. The number of aromatic amines is 1. The number of aromatic nitrogens is 2. The molecule has 2 heterocycles. The van der Waals surface area contributed by atoms with Crippen molar-refractivity contribution < 1.29 is 4.79 Å². The Hall–Kier alpha value is -2.14. The molecule has 1 aromatic heterocycles. The first-order chi connectivity index (χ1) is 12.0. The van der Waals surface area contributed by atoms with Crippen molar-refractivity contribution in [3.05, 3.63) is 50.9 Å². The highest BCUT2D eigenvalue weighted by molar-refractivity contribution is 6.30. The number of unbranched alkanes of at least 4 members (excludes halogenated alkanes) is 1. The lowest BCUT2D eigenvalue weighted by molar-refractivity contribution is -0.132. The van der Waals surface area contributed by atoms with Gasteiger partial charge in [0.2, 0.25) is 5.91 Å². The summed E-state index contributed by atoms with van der Waals surface area (Å²) in [6.45, 7) is 4.27. The molecule has 0 saturated heterocycles. The van der Waals surface area contributed by atoms with Crippen LogP contribution >= 0.6 is 11.6 Å². The molecule has 3 rings (SSSR count). The predicted molar refractivity (Wildman–Crippen MR) is 98.7 cm³/mol. The molecule has 132 valence electrons. The van der Waals surface area contributed by atoms with Gasteiger partial charge in [-0.15, -0.1) is 0 Å². The largest absolute Gasteiger partial charge is 0.334 e. The second kappa shape index (κ2) is 7.40. The quantitative estimate of drug-likeness (QED) is 0.904. The summed E-state index contributed by atoms with van der Waals surface area (Å²) >= 11 is 5.94. The average Bonchev–Trinajstić information content (AvgIpc) is 2.60. The van der Waals surface area contributed by atoms with Gasteiger partial charge >= 0.3 is 0 Å². The first kappa shape index (κ1) is 17.7. The molecule has 1 aliphatic rings. The van der Waals surface area contributed by atoms with Crippen LogP contribution in [0.15, 0.2) is 29.1 Å². The van der Waals surface area contributed by atoms with E-state index in [1.54, 1.807) is 19.1 Å². The molecule has 0 radical (unpaired) electrons. The van der Waals surface area contributed by atoms with Gasteiger partial charge in [-0.1, -0.05) is 31.4 Å². The van der Waals surface area contributed by atoms with Crippen molar-refractivity contribution in [2.75, 3.05) is 6.54 Å². The van der Waals surface area contributed by atoms with Crippen LogP contribution < -0.4 is 5.56 Å². The molecule has 1 aliphatic heterocycles. The monoisotopic (exact) mass is 359 g/mol. The van der Waals surface area contributed by atoms with Gasteiger partial charge in [0.15, 0.2) is 0 Å². The summed E-state index contributed by atoms with van der Waals surface area (Å²) in [4.78, 5) is 34.1. The standard InChI is InChI=1S/C19H22ClN3O2/c1-3-4-5-16-17-15(10-11-23(16)12(2)24)19(25)22-18(21-17)13-6-8-14(20)9-7-13/h6-9,16H,3-5,10-11H2,1-2H3,(H,21,22,25). The van der Waals surface area contributed by atoms with E-state index in [9.17, 15) is 9.59 Å². The lowest BCUT2D eigenvalue weighted by Gasteiger charge is -2.35. The number of carbonyl (C=O) groups is 1. The van der Waals surface area contributed by atoms with Crippen LogP contribution in [0, 0.1) is 0 Å². The van der Waals surface area contributed by atoms with Crippen LogP contribution in [-0.4, -0.2) is 27.3 Å². The van der Waals surface area contributed by atoms with Crippen LogP contribution in [0.3, 0.4) is 0 Å². The normalized spacial score (nSPS) is 16.6. The Kier molecular flexibility index (Phi) is 5.23. The minimum atomic E-state index is -0.130. The van der Waals surface area contributed by atoms with Crippen molar-refractivity contribution in [3.63, 3.8) is 0 Å². The number of H-pyrrole nitrogens is 1. The maximum absolute atomic E-state index is 12.6. The Labute approximate surface area is 152 Å². The first-order valence-corrected chi connectivity index (χ1v) is 9.05. The molecule has 0 saturated carbocycles. The second-order valence-corrected chi connectivity index (χ2v) is 6.84. The maximum Gasteiger partial charge on any atom is 0.254 e. The molecule has 25 heavy (non-hydrogen) atoms. The van der Waals surface area contributed by atoms with Crippen molar-refractivity contribution in [2.24, 2.45) is 0 Å². The summed E-state index contributed by atoms with van der Waals surface area (Å²) in [5.41, 5.74) is 2.14. The van der Waals surface area contributed by atoms with Gasteiger partial charge in [-0.25, -0.2) is 4.98 Å². The van der Waals surface area contributed by atoms with Gasteiger partial charge in [0.25, 0.3) is 5.56 Å². The number of carbonyl (C=O) groups excluding carboxylic acids is 1. The van der Waals surface area contributed by atoms with Crippen LogP contribution in [0.5, 0.6) is 0 Å². The number of nitrogens with zero attached hydrogens (tertiary/aromatic N) is 2. The Morgan fingerprint density at radius 2 is 2.08 bits per heavy atom. The smallest absolute Gasteiger partial charge is 0.254 e. The summed E-state index contributed by atoms with van der Waals surface area (Å²) in [6, 6.07) is 7.08. The third-order valence-corrected chi connectivity index (χ3v) is 4.95. The van der Waals surface area contributed by atoms with Crippen molar-refractivity contribution in [1.82, 2.24) is 14.9 Å². The molecular formula is C19H22ClN3O2. The number of benzene rings is 1.